The van der Waals surface area contributed by atoms with Gasteiger partial charge in [-0.05, 0) is 43.9 Å². The highest BCUT2D eigenvalue weighted by molar-refractivity contribution is 5.02. The fourth-order valence-electron chi connectivity index (χ4n) is 3.50. The monoisotopic (exact) mass is 279 g/mol. The van der Waals surface area contributed by atoms with Crippen LogP contribution in [0.4, 0.5) is 0 Å². The van der Waals surface area contributed by atoms with Gasteiger partial charge >= 0.3 is 0 Å². The molecule has 2 atom stereocenters. The lowest BCUT2D eigenvalue weighted by atomic mass is 9.77. The molecule has 20 heavy (non-hydrogen) atoms. The Morgan fingerprint density at radius 2 is 2.00 bits per heavy atom. The van der Waals surface area contributed by atoms with Gasteiger partial charge in [0.05, 0.1) is 12.1 Å². The van der Waals surface area contributed by atoms with Crippen molar-refractivity contribution >= 4 is 0 Å². The van der Waals surface area contributed by atoms with Crippen LogP contribution in [0, 0.1) is 11.8 Å². The second kappa shape index (κ2) is 5.82. The molecule has 2 N–H and O–H groups in total. The highest BCUT2D eigenvalue weighted by Crippen LogP contribution is 2.38. The molecule has 3 rings (SSSR count). The van der Waals surface area contributed by atoms with E-state index in [-0.39, 0.29) is 12.1 Å². The van der Waals surface area contributed by atoms with Gasteiger partial charge in [0, 0.05) is 12.5 Å². The molecular weight excluding hydrogens is 254 g/mol. The Labute approximate surface area is 120 Å². The number of hydrogen-bond donors (Lipinski definition) is 2. The average molecular weight is 279 g/mol. The Hall–Kier alpha value is -0.940. The van der Waals surface area contributed by atoms with E-state index in [9.17, 15) is 5.11 Å². The lowest BCUT2D eigenvalue weighted by Crippen LogP contribution is -2.18. The van der Waals surface area contributed by atoms with E-state index in [4.69, 9.17) is 4.52 Å². The number of aliphatic hydroxyl groups excluding tert-OH is 1. The van der Waals surface area contributed by atoms with Crippen molar-refractivity contribution in [1.82, 2.24) is 15.5 Å². The summed E-state index contributed by atoms with van der Waals surface area (Å²) in [5.74, 6) is 3.59. The van der Waals surface area contributed by atoms with Crippen LogP contribution in [0.1, 0.15) is 69.6 Å². The van der Waals surface area contributed by atoms with Crippen LogP contribution >= 0.6 is 0 Å². The van der Waals surface area contributed by atoms with E-state index in [1.54, 1.807) is 0 Å². The molecule has 112 valence electrons. The van der Waals surface area contributed by atoms with E-state index in [0.29, 0.717) is 24.8 Å². The normalized spacial score (nSPS) is 34.8. The third-order valence-electron chi connectivity index (χ3n) is 4.94. The van der Waals surface area contributed by atoms with Gasteiger partial charge in [-0.25, -0.2) is 0 Å². The van der Waals surface area contributed by atoms with E-state index in [1.165, 1.54) is 25.7 Å². The minimum Gasteiger partial charge on any atom is -0.392 e. The predicted molar refractivity (Wildman–Crippen MR) is 75.2 cm³/mol. The third kappa shape index (κ3) is 2.88. The lowest BCUT2D eigenvalue weighted by molar-refractivity contribution is 0.191. The quantitative estimate of drug-likeness (QED) is 0.889. The van der Waals surface area contributed by atoms with E-state index >= 15 is 0 Å². The van der Waals surface area contributed by atoms with Crippen molar-refractivity contribution in [2.75, 3.05) is 6.54 Å². The molecule has 5 nitrogen and oxygen atoms in total. The van der Waals surface area contributed by atoms with Crippen LogP contribution in [0.15, 0.2) is 4.52 Å². The first-order chi connectivity index (χ1) is 9.63. The molecule has 1 aromatic rings. The highest BCUT2D eigenvalue weighted by Gasteiger charge is 2.31. The van der Waals surface area contributed by atoms with Crippen LogP contribution in [-0.2, 0) is 0 Å². The zero-order chi connectivity index (χ0) is 14.1. The van der Waals surface area contributed by atoms with Crippen molar-refractivity contribution in [2.45, 2.75) is 64.0 Å². The molecule has 1 saturated carbocycles. The van der Waals surface area contributed by atoms with E-state index in [0.717, 1.165) is 17.7 Å². The molecule has 1 aromatic heterocycles. The Kier molecular flexibility index (Phi) is 4.08. The first-order valence-electron chi connectivity index (χ1n) is 7.88. The predicted octanol–water partition coefficient (Wildman–Crippen LogP) is 2.39. The second-order valence-corrected chi connectivity index (χ2v) is 6.70. The van der Waals surface area contributed by atoms with E-state index in [2.05, 4.69) is 29.3 Å². The molecule has 5 heteroatoms. The molecule has 0 bridgehead atoms. The maximum absolute atomic E-state index is 9.55. The number of aromatic nitrogens is 2. The van der Waals surface area contributed by atoms with Crippen molar-refractivity contribution in [3.63, 3.8) is 0 Å². The molecule has 1 saturated heterocycles. The van der Waals surface area contributed by atoms with Crippen molar-refractivity contribution < 1.29 is 9.63 Å². The summed E-state index contributed by atoms with van der Waals surface area (Å²) in [6.45, 7) is 5.24. The molecule has 2 heterocycles. The summed E-state index contributed by atoms with van der Waals surface area (Å²) >= 11 is 0. The number of nitrogens with one attached hydrogen (secondary N) is 1. The zero-order valence-corrected chi connectivity index (χ0v) is 12.4. The average Bonchev–Trinajstić information content (AvgIpc) is 3.07. The summed E-state index contributed by atoms with van der Waals surface area (Å²) in [5.41, 5.74) is 0. The van der Waals surface area contributed by atoms with Gasteiger partial charge in [-0.2, -0.15) is 4.98 Å². The largest absolute Gasteiger partial charge is 0.392 e. The van der Waals surface area contributed by atoms with Gasteiger partial charge in [0.1, 0.15) is 0 Å². The smallest absolute Gasteiger partial charge is 0.243 e. The Morgan fingerprint density at radius 3 is 2.60 bits per heavy atom. The van der Waals surface area contributed by atoms with Crippen LogP contribution in [-0.4, -0.2) is 27.9 Å². The standard InChI is InChI=1S/C15H25N3O2/c1-9(2)10-3-5-11(6-4-10)14-17-15(20-18-14)13-7-12(19)8-16-13/h9-13,16,19H,3-8H2,1-2H3/t10?,11?,12-,13-/m1/s1. The molecule has 2 aliphatic rings. The minimum atomic E-state index is -0.295. The van der Waals surface area contributed by atoms with Crippen molar-refractivity contribution in [3.8, 4) is 0 Å². The minimum absolute atomic E-state index is 0.0262. The van der Waals surface area contributed by atoms with Gasteiger partial charge in [0.25, 0.3) is 0 Å². The molecule has 2 fully saturated rings. The molecule has 0 unspecified atom stereocenters. The van der Waals surface area contributed by atoms with Gasteiger partial charge in [-0.3, -0.25) is 0 Å². The van der Waals surface area contributed by atoms with Crippen LogP contribution in [0.25, 0.3) is 0 Å². The number of β-amino-alcohol motifs (C(OH)–C–C–N with tert-alkyl or cyclic N) is 1. The van der Waals surface area contributed by atoms with E-state index in [1.807, 2.05) is 0 Å². The maximum atomic E-state index is 9.55. The topological polar surface area (TPSA) is 71.2 Å². The fraction of sp³-hybridized carbons (Fsp3) is 0.867. The third-order valence-corrected chi connectivity index (χ3v) is 4.94. The van der Waals surface area contributed by atoms with Crippen molar-refractivity contribution in [1.29, 1.82) is 0 Å². The molecular formula is C15H25N3O2. The maximum Gasteiger partial charge on any atom is 0.243 e. The van der Waals surface area contributed by atoms with Crippen molar-refractivity contribution in [3.05, 3.63) is 11.7 Å². The summed E-state index contributed by atoms with van der Waals surface area (Å²) in [6.07, 6.45) is 5.25. The van der Waals surface area contributed by atoms with Gasteiger partial charge in [0.15, 0.2) is 5.82 Å². The van der Waals surface area contributed by atoms with Gasteiger partial charge in [-0.1, -0.05) is 19.0 Å². The van der Waals surface area contributed by atoms with Crippen LogP contribution in [0.2, 0.25) is 0 Å². The van der Waals surface area contributed by atoms with E-state index < -0.39 is 0 Å². The summed E-state index contributed by atoms with van der Waals surface area (Å²) in [7, 11) is 0. The summed E-state index contributed by atoms with van der Waals surface area (Å²) in [5, 5.41) is 16.9. The van der Waals surface area contributed by atoms with Crippen molar-refractivity contribution in [2.24, 2.45) is 11.8 Å². The number of hydrogen-bond acceptors (Lipinski definition) is 5. The SMILES string of the molecule is CC(C)C1CCC(c2noc([C@H]3C[C@@H](O)CN3)n2)CC1. The molecule has 0 radical (unpaired) electrons. The van der Waals surface area contributed by atoms with Gasteiger partial charge in [0.2, 0.25) is 5.89 Å². The first-order valence-corrected chi connectivity index (χ1v) is 7.88. The Balaban J connectivity index is 1.60. The number of rotatable bonds is 3. The van der Waals surface area contributed by atoms with Crippen LogP contribution in [0.5, 0.6) is 0 Å². The summed E-state index contributed by atoms with van der Waals surface area (Å²) < 4.78 is 5.39. The molecule has 1 aliphatic carbocycles. The van der Waals surface area contributed by atoms with Crippen LogP contribution < -0.4 is 5.32 Å². The van der Waals surface area contributed by atoms with Gasteiger partial charge < -0.3 is 14.9 Å². The zero-order valence-electron chi connectivity index (χ0n) is 12.4. The molecule has 0 spiro atoms. The van der Waals surface area contributed by atoms with Gasteiger partial charge in [-0.15, -0.1) is 0 Å². The lowest BCUT2D eigenvalue weighted by Gasteiger charge is -2.29. The first kappa shape index (κ1) is 14.0. The molecule has 0 amide bonds. The highest BCUT2D eigenvalue weighted by atomic mass is 16.5. The Bertz CT molecular complexity index is 438. The fourth-order valence-corrected chi connectivity index (χ4v) is 3.50. The number of nitrogens with zero attached hydrogens (tertiary/aromatic N) is 2. The molecule has 1 aliphatic heterocycles. The summed E-state index contributed by atoms with van der Waals surface area (Å²) in [6, 6.07) is 0.0262. The summed E-state index contributed by atoms with van der Waals surface area (Å²) in [4.78, 5) is 4.57. The van der Waals surface area contributed by atoms with Crippen LogP contribution in [0.3, 0.4) is 0 Å². The second-order valence-electron chi connectivity index (χ2n) is 6.70. The number of aliphatic hydroxyl groups is 1. The Morgan fingerprint density at radius 1 is 1.25 bits per heavy atom. The molecule has 0 aromatic carbocycles.